The van der Waals surface area contributed by atoms with Crippen molar-refractivity contribution in [3.63, 3.8) is 0 Å². The van der Waals surface area contributed by atoms with Gasteiger partial charge in [0.25, 0.3) is 5.91 Å². The molecule has 0 radical (unpaired) electrons. The number of rotatable bonds is 18. The third-order valence-electron chi connectivity index (χ3n) is 12.2. The molecule has 6 rings (SSSR count). The lowest BCUT2D eigenvalue weighted by molar-refractivity contribution is -0.150. The van der Waals surface area contributed by atoms with Crippen LogP contribution in [0.1, 0.15) is 131 Å². The molecule has 1 amide bonds. The normalized spacial score (nSPS) is 16.1. The minimum absolute atomic E-state index is 0.0418. The maximum Gasteiger partial charge on any atom is 0.311 e. The Balaban J connectivity index is 1.18. The highest BCUT2D eigenvalue weighted by Gasteiger charge is 2.34. The molecule has 56 heavy (non-hydrogen) atoms. The first-order valence-electron chi connectivity index (χ1n) is 19.6. The number of aliphatic hydroxyl groups excluding tert-OH is 2. The van der Waals surface area contributed by atoms with E-state index in [4.69, 9.17) is 0 Å². The van der Waals surface area contributed by atoms with E-state index >= 15 is 0 Å². The summed E-state index contributed by atoms with van der Waals surface area (Å²) in [6, 6.07) is 15.4. The number of nitrogens with zero attached hydrogens (tertiary/aromatic N) is 2. The molecule has 0 saturated heterocycles. The predicted molar refractivity (Wildman–Crippen MR) is 215 cm³/mol. The fourth-order valence-electron chi connectivity index (χ4n) is 7.36. The summed E-state index contributed by atoms with van der Waals surface area (Å²) in [5, 5.41) is 32.2. The van der Waals surface area contributed by atoms with Gasteiger partial charge in [-0.25, -0.2) is 0 Å². The quantitative estimate of drug-likeness (QED) is 0.0743. The van der Waals surface area contributed by atoms with Crippen molar-refractivity contribution in [1.29, 1.82) is 0 Å². The minimum atomic E-state index is -1.25. The first-order valence-corrected chi connectivity index (χ1v) is 19.6. The van der Waals surface area contributed by atoms with E-state index in [-0.39, 0.29) is 42.6 Å². The average Bonchev–Trinajstić information content (AvgIpc) is 4.12. The molecule has 2 aliphatic carbocycles. The number of anilines is 1. The van der Waals surface area contributed by atoms with E-state index < -0.39 is 23.4 Å². The molecular weight excluding hydrogens is 707 g/mol. The zero-order valence-electron chi connectivity index (χ0n) is 33.1. The lowest BCUT2D eigenvalue weighted by Crippen LogP contribution is -2.32. The molecule has 2 fully saturated rings. The number of hydrogen-bond acceptors (Lipinski definition) is 8. The summed E-state index contributed by atoms with van der Waals surface area (Å²) < 4.78 is 0. The van der Waals surface area contributed by atoms with Gasteiger partial charge in [-0.2, -0.15) is 0 Å². The van der Waals surface area contributed by atoms with Crippen LogP contribution in [0.5, 0.6) is 0 Å². The fraction of sp³-hybridized carbons (Fsp3) is 0.435. The number of carbonyl (C=O) groups is 4. The van der Waals surface area contributed by atoms with Gasteiger partial charge in [-0.05, 0) is 159 Å². The van der Waals surface area contributed by atoms with Crippen LogP contribution in [0.15, 0.2) is 60.9 Å². The molecule has 2 atom stereocenters. The summed E-state index contributed by atoms with van der Waals surface area (Å²) in [5.74, 6) is -0.813. The molecule has 4 N–H and O–H groups in total. The summed E-state index contributed by atoms with van der Waals surface area (Å²) in [6.45, 7) is 8.14. The van der Waals surface area contributed by atoms with Crippen molar-refractivity contribution in [3.8, 4) is 11.1 Å². The van der Waals surface area contributed by atoms with E-state index in [1.165, 1.54) is 13.8 Å². The number of carbonyl (C=O) groups excluding carboxylic acids is 3. The molecular formula is C46H53N3O7. The summed E-state index contributed by atoms with van der Waals surface area (Å²) in [6.07, 6.45) is 9.55. The van der Waals surface area contributed by atoms with Crippen molar-refractivity contribution >= 4 is 29.1 Å². The topological polar surface area (TPSA) is 167 Å². The van der Waals surface area contributed by atoms with Crippen molar-refractivity contribution in [3.05, 3.63) is 111 Å². The van der Waals surface area contributed by atoms with Gasteiger partial charge in [0.2, 0.25) is 0 Å². The molecule has 2 aromatic carbocycles. The molecule has 4 aromatic rings. The van der Waals surface area contributed by atoms with Crippen LogP contribution < -0.4 is 5.32 Å². The molecule has 294 valence electrons. The second kappa shape index (κ2) is 16.6. The van der Waals surface area contributed by atoms with E-state index in [9.17, 15) is 34.5 Å². The average molecular weight is 760 g/mol. The van der Waals surface area contributed by atoms with Crippen molar-refractivity contribution in [2.24, 2.45) is 10.8 Å². The maximum atomic E-state index is 13.7. The third kappa shape index (κ3) is 8.82. The Bertz CT molecular complexity index is 2020. The molecule has 2 heterocycles. The molecule has 10 heteroatoms. The molecule has 10 nitrogen and oxygen atoms in total. The highest BCUT2D eigenvalue weighted by Crippen LogP contribution is 2.44. The van der Waals surface area contributed by atoms with E-state index in [0.717, 1.165) is 75.8 Å². The summed E-state index contributed by atoms with van der Waals surface area (Å²) in [5.41, 5.74) is 7.97. The van der Waals surface area contributed by atoms with Crippen LogP contribution in [0.25, 0.3) is 11.1 Å². The number of aryl methyl sites for hydroxylation is 2. The second-order valence-corrected chi connectivity index (χ2v) is 16.5. The number of aliphatic hydroxyl groups is 2. The van der Waals surface area contributed by atoms with Crippen LogP contribution in [-0.4, -0.2) is 61.9 Å². The number of Topliss-reactive ketones (excluding diaryl/α,β-unsaturated/α-hetero) is 2. The summed E-state index contributed by atoms with van der Waals surface area (Å²) in [7, 11) is 0. The molecule has 2 aromatic heterocycles. The molecule has 0 spiro atoms. The molecule has 2 aliphatic rings. The number of hydrogen-bond donors (Lipinski definition) is 4. The predicted octanol–water partition coefficient (Wildman–Crippen LogP) is 7.73. The number of benzene rings is 2. The number of pyridine rings is 2. The Kier molecular flexibility index (Phi) is 12.0. The highest BCUT2D eigenvalue weighted by atomic mass is 16.4. The Morgan fingerprint density at radius 3 is 1.79 bits per heavy atom. The van der Waals surface area contributed by atoms with Gasteiger partial charge in [0.05, 0.1) is 18.6 Å². The van der Waals surface area contributed by atoms with Crippen LogP contribution >= 0.6 is 0 Å². The van der Waals surface area contributed by atoms with Gasteiger partial charge >= 0.3 is 5.97 Å². The Hall–Kier alpha value is -5.06. The van der Waals surface area contributed by atoms with Crippen molar-refractivity contribution in [2.45, 2.75) is 104 Å². The zero-order valence-corrected chi connectivity index (χ0v) is 33.1. The molecule has 0 unspecified atom stereocenters. The van der Waals surface area contributed by atoms with Crippen LogP contribution in [-0.2, 0) is 28.9 Å². The first-order chi connectivity index (χ1) is 26.7. The lowest BCUT2D eigenvalue weighted by atomic mass is 9.81. The largest absolute Gasteiger partial charge is 0.481 e. The Labute approximate surface area is 328 Å². The van der Waals surface area contributed by atoms with Gasteiger partial charge in [-0.15, -0.1) is 0 Å². The number of ketones is 2. The maximum absolute atomic E-state index is 13.7. The van der Waals surface area contributed by atoms with Gasteiger partial charge in [-0.3, -0.25) is 29.1 Å². The van der Waals surface area contributed by atoms with Crippen molar-refractivity contribution in [1.82, 2.24) is 9.97 Å². The van der Waals surface area contributed by atoms with E-state index in [2.05, 4.69) is 15.3 Å². The Morgan fingerprint density at radius 2 is 1.25 bits per heavy atom. The minimum Gasteiger partial charge on any atom is -0.481 e. The van der Waals surface area contributed by atoms with E-state index in [1.54, 1.807) is 19.3 Å². The fourth-order valence-corrected chi connectivity index (χ4v) is 7.36. The van der Waals surface area contributed by atoms with Crippen LogP contribution in [0, 0.1) is 24.7 Å². The van der Waals surface area contributed by atoms with Gasteiger partial charge in [0.1, 0.15) is 17.2 Å². The smallest absolute Gasteiger partial charge is 0.311 e. The molecule has 2 saturated carbocycles. The van der Waals surface area contributed by atoms with Gasteiger partial charge in [0, 0.05) is 29.9 Å². The second-order valence-electron chi connectivity index (χ2n) is 16.5. The van der Waals surface area contributed by atoms with Crippen LogP contribution in [0.4, 0.5) is 5.69 Å². The lowest BCUT2D eigenvalue weighted by Gasteiger charge is -2.24. The van der Waals surface area contributed by atoms with Crippen LogP contribution in [0.2, 0.25) is 0 Å². The third-order valence-corrected chi connectivity index (χ3v) is 12.2. The number of aliphatic carboxylic acids is 1. The van der Waals surface area contributed by atoms with Gasteiger partial charge in [-0.1, -0.05) is 37.3 Å². The summed E-state index contributed by atoms with van der Waals surface area (Å²) in [4.78, 5) is 60.3. The molecule has 0 aliphatic heterocycles. The van der Waals surface area contributed by atoms with Crippen molar-refractivity contribution in [2.75, 3.05) is 18.5 Å². The van der Waals surface area contributed by atoms with Gasteiger partial charge < -0.3 is 20.6 Å². The zero-order chi connectivity index (χ0) is 40.4. The molecule has 0 bridgehead atoms. The standard InChI is InChI=1S/C46H53N3O7/c1-27-32(20-42(53)40-21-37(30-12-13-30)33(23-47-40)16-18-45(4,25-50)29(3)52)8-6-9-35(27)36-10-7-11-39(28(36)2)49-43(54)41-22-38(31-14-15-31)34(24-48-41)17-19-46(5,26-51)44(55)56/h6-11,21-24,30-31,50-51H,12-20,25-26H2,1-5H3,(H,49,54)(H,55,56)/t45-,46+/m1/s1. The SMILES string of the molecule is CC(=O)[C@@](C)(CO)CCc1cnc(C(=O)Cc2cccc(-c3cccc(NC(=O)c4cc(C5CC5)c(CC[C@@](C)(CO)C(=O)O)cn4)c3C)c2C)cc1C1CC1. The Morgan fingerprint density at radius 1 is 0.732 bits per heavy atom. The van der Waals surface area contributed by atoms with Crippen LogP contribution in [0.3, 0.4) is 0 Å². The first kappa shape index (κ1) is 40.6. The number of aromatic nitrogens is 2. The van der Waals surface area contributed by atoms with Crippen molar-refractivity contribution < 1.29 is 34.5 Å². The number of carboxylic acid groups (broad SMARTS) is 1. The number of nitrogens with one attached hydrogen (secondary N) is 1. The monoisotopic (exact) mass is 759 g/mol. The number of amides is 1. The highest BCUT2D eigenvalue weighted by molar-refractivity contribution is 6.04. The number of carboxylic acids is 1. The van der Waals surface area contributed by atoms with E-state index in [0.29, 0.717) is 42.5 Å². The van der Waals surface area contributed by atoms with E-state index in [1.807, 2.05) is 62.4 Å². The van der Waals surface area contributed by atoms with Gasteiger partial charge in [0.15, 0.2) is 5.78 Å². The summed E-state index contributed by atoms with van der Waals surface area (Å²) >= 11 is 0.